The largest absolute Gasteiger partial charge is 0.317 e. The quantitative estimate of drug-likeness (QED) is 0.531. The number of hydrogen-bond acceptors (Lipinski definition) is 1. The van der Waals surface area contributed by atoms with Gasteiger partial charge in [-0.2, -0.15) is 0 Å². The molecule has 0 saturated heterocycles. The Labute approximate surface area is 71.6 Å². The van der Waals surface area contributed by atoms with Gasteiger partial charge in [0, 0.05) is 0 Å². The van der Waals surface area contributed by atoms with Crippen LogP contribution in [0.1, 0.15) is 38.5 Å². The van der Waals surface area contributed by atoms with Crippen molar-refractivity contribution in [2.75, 3.05) is 13.1 Å². The van der Waals surface area contributed by atoms with Crippen molar-refractivity contribution < 1.29 is 0 Å². The first kappa shape index (κ1) is 11.0. The molecule has 0 aliphatic rings. The average molecular weight is 155 g/mol. The second-order valence-corrected chi connectivity index (χ2v) is 2.87. The highest BCUT2D eigenvalue weighted by Crippen LogP contribution is 1.96. The third kappa shape index (κ3) is 9.96. The molecule has 0 aliphatic carbocycles. The Bertz CT molecular complexity index is 53.9. The van der Waals surface area contributed by atoms with Crippen LogP contribution >= 0.6 is 0 Å². The number of unbranched alkanes of at least 4 members (excludes halogenated alkanes) is 4. The molecule has 0 fully saturated rings. The molecule has 2 radical (unpaired) electrons. The van der Waals surface area contributed by atoms with Gasteiger partial charge >= 0.3 is 0 Å². The smallest absolute Gasteiger partial charge is 0.00489 e. The summed E-state index contributed by atoms with van der Waals surface area (Å²) in [5.41, 5.74) is 0. The molecule has 0 aromatic carbocycles. The Hall–Kier alpha value is -0.0400. The molecule has 0 unspecified atom stereocenters. The van der Waals surface area contributed by atoms with Gasteiger partial charge in [0.2, 0.25) is 0 Å². The van der Waals surface area contributed by atoms with Crippen molar-refractivity contribution in [3.05, 3.63) is 13.8 Å². The van der Waals surface area contributed by atoms with Gasteiger partial charge in [-0.25, -0.2) is 0 Å². The van der Waals surface area contributed by atoms with Gasteiger partial charge in [0.05, 0.1) is 0 Å². The highest BCUT2D eigenvalue weighted by molar-refractivity contribution is 4.50. The Morgan fingerprint density at radius 3 is 2.00 bits per heavy atom. The number of rotatable bonds is 8. The summed E-state index contributed by atoms with van der Waals surface area (Å²) in [7, 11) is 0. The molecule has 11 heavy (non-hydrogen) atoms. The monoisotopic (exact) mass is 155 g/mol. The lowest BCUT2D eigenvalue weighted by Crippen LogP contribution is -2.16. The van der Waals surface area contributed by atoms with E-state index >= 15 is 0 Å². The van der Waals surface area contributed by atoms with E-state index in [1.165, 1.54) is 32.2 Å². The van der Waals surface area contributed by atoms with Crippen LogP contribution in [0.4, 0.5) is 0 Å². The lowest BCUT2D eigenvalue weighted by atomic mass is 10.2. The van der Waals surface area contributed by atoms with E-state index in [0.29, 0.717) is 0 Å². The molecule has 0 amide bonds. The second-order valence-electron chi connectivity index (χ2n) is 2.87. The molecule has 0 aliphatic heterocycles. The molecule has 1 nitrogen and oxygen atoms in total. The second kappa shape index (κ2) is 9.96. The molecular weight excluding hydrogens is 134 g/mol. The maximum absolute atomic E-state index is 3.80. The third-order valence-electron chi connectivity index (χ3n) is 1.71. The van der Waals surface area contributed by atoms with E-state index in [9.17, 15) is 0 Å². The van der Waals surface area contributed by atoms with Crippen molar-refractivity contribution in [3.63, 3.8) is 0 Å². The molecule has 1 heteroatoms. The van der Waals surface area contributed by atoms with Crippen LogP contribution < -0.4 is 5.32 Å². The summed E-state index contributed by atoms with van der Waals surface area (Å²) in [5.74, 6) is 0. The molecule has 0 rings (SSSR count). The molecule has 0 atom stereocenters. The van der Waals surface area contributed by atoms with Gasteiger partial charge in [0.25, 0.3) is 0 Å². The van der Waals surface area contributed by atoms with Crippen molar-refractivity contribution >= 4 is 0 Å². The minimum absolute atomic E-state index is 1.05. The van der Waals surface area contributed by atoms with Crippen LogP contribution in [0.15, 0.2) is 0 Å². The summed E-state index contributed by atoms with van der Waals surface area (Å²) >= 11 is 0. The van der Waals surface area contributed by atoms with Gasteiger partial charge in [-0.05, 0) is 25.9 Å². The van der Waals surface area contributed by atoms with Crippen molar-refractivity contribution in [1.29, 1.82) is 0 Å². The van der Waals surface area contributed by atoms with Crippen molar-refractivity contribution in [2.24, 2.45) is 0 Å². The van der Waals surface area contributed by atoms with Gasteiger partial charge in [-0.15, -0.1) is 0 Å². The van der Waals surface area contributed by atoms with Gasteiger partial charge in [-0.1, -0.05) is 39.5 Å². The molecule has 66 valence electrons. The minimum Gasteiger partial charge on any atom is -0.317 e. The summed E-state index contributed by atoms with van der Waals surface area (Å²) in [5, 5.41) is 3.38. The zero-order valence-electron chi connectivity index (χ0n) is 7.57. The summed E-state index contributed by atoms with van der Waals surface area (Å²) < 4.78 is 0. The zero-order chi connectivity index (χ0) is 8.36. The highest BCUT2D eigenvalue weighted by Gasteiger charge is 1.87. The first-order valence-electron chi connectivity index (χ1n) is 4.71. The fraction of sp³-hybridized carbons (Fsp3) is 0.800. The van der Waals surface area contributed by atoms with Gasteiger partial charge < -0.3 is 5.32 Å². The highest BCUT2D eigenvalue weighted by atomic mass is 14.8. The van der Waals surface area contributed by atoms with Crippen LogP contribution in [0.5, 0.6) is 0 Å². The van der Waals surface area contributed by atoms with Gasteiger partial charge in [0.15, 0.2) is 0 Å². The van der Waals surface area contributed by atoms with E-state index < -0.39 is 0 Å². The van der Waals surface area contributed by atoms with E-state index in [1.54, 1.807) is 0 Å². The van der Waals surface area contributed by atoms with Gasteiger partial charge in [0.1, 0.15) is 0 Å². The third-order valence-corrected chi connectivity index (χ3v) is 1.71. The predicted molar refractivity (Wildman–Crippen MR) is 51.3 cm³/mol. The SMILES string of the molecule is [CH2]CCCCCNCCC[CH2]. The Morgan fingerprint density at radius 2 is 1.36 bits per heavy atom. The van der Waals surface area contributed by atoms with Crippen LogP contribution in [-0.2, 0) is 0 Å². The maximum atomic E-state index is 3.80. The standard InChI is InChI=1S/C10H21N/c1-3-5-7-8-10-11-9-6-4-2/h11H,1-10H2. The van der Waals surface area contributed by atoms with Crippen molar-refractivity contribution in [2.45, 2.75) is 38.5 Å². The molecule has 0 aromatic heterocycles. The zero-order valence-corrected chi connectivity index (χ0v) is 7.57. The summed E-state index contributed by atoms with van der Waals surface area (Å²) in [6.45, 7) is 9.89. The Balaban J connectivity index is 2.69. The van der Waals surface area contributed by atoms with Crippen molar-refractivity contribution in [3.8, 4) is 0 Å². The molecule has 0 saturated carbocycles. The van der Waals surface area contributed by atoms with E-state index in [1.807, 2.05) is 0 Å². The summed E-state index contributed by atoms with van der Waals surface area (Å²) in [4.78, 5) is 0. The van der Waals surface area contributed by atoms with E-state index in [0.717, 1.165) is 19.4 Å². The molecule has 0 aromatic rings. The van der Waals surface area contributed by atoms with E-state index in [2.05, 4.69) is 19.2 Å². The van der Waals surface area contributed by atoms with Gasteiger partial charge in [-0.3, -0.25) is 0 Å². The lowest BCUT2D eigenvalue weighted by molar-refractivity contribution is 0.593. The topological polar surface area (TPSA) is 12.0 Å². The molecular formula is C10H21N. The molecule has 0 spiro atoms. The Kier molecular flexibility index (Phi) is 9.92. The summed E-state index contributed by atoms with van der Waals surface area (Å²) in [6, 6.07) is 0. The average Bonchev–Trinajstić information content (AvgIpc) is 2.03. The normalized spacial score (nSPS) is 10.4. The van der Waals surface area contributed by atoms with Crippen LogP contribution in [0, 0.1) is 13.8 Å². The van der Waals surface area contributed by atoms with E-state index in [4.69, 9.17) is 0 Å². The number of hydrogen-bond donors (Lipinski definition) is 1. The minimum atomic E-state index is 1.05. The Morgan fingerprint density at radius 1 is 0.727 bits per heavy atom. The lowest BCUT2D eigenvalue weighted by Gasteiger charge is -2.02. The maximum Gasteiger partial charge on any atom is -0.00489 e. The van der Waals surface area contributed by atoms with Crippen LogP contribution in [0.2, 0.25) is 0 Å². The first-order valence-corrected chi connectivity index (χ1v) is 4.71. The molecule has 1 N–H and O–H groups in total. The fourth-order valence-electron chi connectivity index (χ4n) is 0.979. The predicted octanol–water partition coefficient (Wildman–Crippen LogP) is 2.58. The van der Waals surface area contributed by atoms with Crippen LogP contribution in [0.3, 0.4) is 0 Å². The molecule has 0 heterocycles. The van der Waals surface area contributed by atoms with Crippen molar-refractivity contribution in [1.82, 2.24) is 5.32 Å². The molecule has 0 bridgehead atoms. The van der Waals surface area contributed by atoms with Crippen LogP contribution in [0.25, 0.3) is 0 Å². The van der Waals surface area contributed by atoms with Crippen LogP contribution in [-0.4, -0.2) is 13.1 Å². The van der Waals surface area contributed by atoms with E-state index in [-0.39, 0.29) is 0 Å². The number of nitrogens with one attached hydrogen (secondary N) is 1. The fourth-order valence-corrected chi connectivity index (χ4v) is 0.979. The first-order chi connectivity index (χ1) is 5.41. The summed E-state index contributed by atoms with van der Waals surface area (Å²) in [6.07, 6.45) is 7.23.